The van der Waals surface area contributed by atoms with E-state index in [1.165, 1.54) is 0 Å². The van der Waals surface area contributed by atoms with E-state index in [0.29, 0.717) is 37.7 Å². The minimum atomic E-state index is -1.47. The van der Waals surface area contributed by atoms with E-state index in [0.717, 1.165) is 33.4 Å². The molecule has 3 rings (SSSR count). The third kappa shape index (κ3) is 7.91. The summed E-state index contributed by atoms with van der Waals surface area (Å²) in [5.41, 5.74) is 2.81. The Morgan fingerprint density at radius 2 is 0.864 bits per heavy atom. The number of ketones is 2. The normalized spacial score (nSPS) is 16.2. The lowest BCUT2D eigenvalue weighted by Crippen LogP contribution is -2.73. The Morgan fingerprint density at radius 3 is 1.11 bits per heavy atom. The Hall–Kier alpha value is -2.74. The number of Topliss-reactive ketones (excluding diaryl/α,β-unsaturated/α-hetero) is 2. The first-order valence-electron chi connectivity index (χ1n) is 16.0. The van der Waals surface area contributed by atoms with Crippen LogP contribution in [0.4, 0.5) is 0 Å². The maximum Gasteiger partial charge on any atom is 0.191 e. The van der Waals surface area contributed by atoms with Crippen molar-refractivity contribution in [2.75, 3.05) is 13.3 Å². The zero-order valence-corrected chi connectivity index (χ0v) is 29.3. The molecule has 1 fully saturated rings. The summed E-state index contributed by atoms with van der Waals surface area (Å²) in [6, 6.07) is 8.00. The topological polar surface area (TPSA) is 111 Å². The molecular formula is C37H57N3O4. The zero-order chi connectivity index (χ0) is 33.5. The zero-order valence-electron chi connectivity index (χ0n) is 29.3. The van der Waals surface area contributed by atoms with Crippen LogP contribution in [0.25, 0.3) is 0 Å². The lowest BCUT2D eigenvalue weighted by atomic mass is 9.77. The van der Waals surface area contributed by atoms with Crippen LogP contribution >= 0.6 is 0 Å². The highest BCUT2D eigenvalue weighted by Gasteiger charge is 2.45. The van der Waals surface area contributed by atoms with Gasteiger partial charge >= 0.3 is 0 Å². The maximum atomic E-state index is 13.9. The summed E-state index contributed by atoms with van der Waals surface area (Å²) in [6.45, 7) is 25.6. The number of phenolic OH excluding ortho intramolecular Hbond substituents is 2. The van der Waals surface area contributed by atoms with Gasteiger partial charge in [0.2, 0.25) is 0 Å². The van der Waals surface area contributed by atoms with Gasteiger partial charge < -0.3 is 10.2 Å². The van der Waals surface area contributed by atoms with Gasteiger partial charge in [0.15, 0.2) is 17.2 Å². The third-order valence-electron chi connectivity index (χ3n) is 8.65. The molecule has 1 aliphatic rings. The van der Waals surface area contributed by atoms with Gasteiger partial charge in [0.1, 0.15) is 11.5 Å². The number of aryl methyl sites for hydroxylation is 2. The number of nitrogens with one attached hydrogen (secondary N) is 3. The number of hydrogen-bond donors (Lipinski definition) is 5. The van der Waals surface area contributed by atoms with Crippen molar-refractivity contribution in [1.29, 1.82) is 0 Å². The summed E-state index contributed by atoms with van der Waals surface area (Å²) in [7, 11) is 0. The van der Waals surface area contributed by atoms with E-state index in [2.05, 4.69) is 99.0 Å². The molecule has 0 spiro atoms. The summed E-state index contributed by atoms with van der Waals surface area (Å²) in [5, 5.41) is 31.7. The molecule has 7 nitrogen and oxygen atoms in total. The second-order valence-corrected chi connectivity index (χ2v) is 16.6. The van der Waals surface area contributed by atoms with Crippen LogP contribution in [0.5, 0.6) is 11.5 Å². The van der Waals surface area contributed by atoms with Crippen molar-refractivity contribution < 1.29 is 19.8 Å². The second-order valence-electron chi connectivity index (χ2n) is 16.6. The van der Waals surface area contributed by atoms with E-state index in [-0.39, 0.29) is 46.1 Å². The molecule has 0 radical (unpaired) electrons. The van der Waals surface area contributed by atoms with Crippen LogP contribution in [0.1, 0.15) is 129 Å². The summed E-state index contributed by atoms with van der Waals surface area (Å²) in [4.78, 5) is 27.9. The lowest BCUT2D eigenvalue weighted by molar-refractivity contribution is -0.139. The summed E-state index contributed by atoms with van der Waals surface area (Å²) in [5.74, 6) is 0.241. The van der Waals surface area contributed by atoms with Gasteiger partial charge in [-0.15, -0.1) is 0 Å². The molecule has 0 bridgehead atoms. The highest BCUT2D eigenvalue weighted by molar-refractivity contribution is 6.11. The molecule has 5 N–H and O–H groups in total. The lowest BCUT2D eigenvalue weighted by Gasteiger charge is -2.37. The average Bonchev–Trinajstić information content (AvgIpc) is 2.89. The van der Waals surface area contributed by atoms with Crippen molar-refractivity contribution in [1.82, 2.24) is 16.0 Å². The highest BCUT2D eigenvalue weighted by Crippen LogP contribution is 2.41. The number of phenols is 2. The number of benzene rings is 2. The molecule has 0 aliphatic carbocycles. The van der Waals surface area contributed by atoms with Gasteiger partial charge in [0, 0.05) is 26.2 Å². The van der Waals surface area contributed by atoms with E-state index in [1.54, 1.807) is 0 Å². The van der Waals surface area contributed by atoms with Crippen LogP contribution in [0.2, 0.25) is 0 Å². The van der Waals surface area contributed by atoms with Gasteiger partial charge in [-0.25, -0.2) is 0 Å². The fourth-order valence-corrected chi connectivity index (χ4v) is 5.92. The molecule has 0 atom stereocenters. The number of carbonyl (C=O) groups excluding carboxylic acids is 2. The Kier molecular flexibility index (Phi) is 10.2. The standard InChI is InChI=1S/C37H57N3O4/c1-33(2,3)25-17-23(18-26(31(25)43)34(4,5)6)13-15-29(41)37(39-21-38-22-40-37)30(42)16-14-24-19-27(35(7,8)9)32(44)28(20-24)36(10,11)12/h17-20,38-40,43-44H,13-16,21-22H2,1-12H3. The summed E-state index contributed by atoms with van der Waals surface area (Å²) in [6.07, 6.45) is 1.26. The van der Waals surface area contributed by atoms with Gasteiger partial charge in [-0.3, -0.25) is 25.5 Å². The number of rotatable bonds is 8. The molecule has 244 valence electrons. The molecule has 1 heterocycles. The molecule has 2 aromatic carbocycles. The van der Waals surface area contributed by atoms with E-state index in [1.807, 2.05) is 24.3 Å². The van der Waals surface area contributed by atoms with Crippen LogP contribution in [0, 0.1) is 0 Å². The molecular weight excluding hydrogens is 550 g/mol. The molecule has 1 aliphatic heterocycles. The molecule has 0 saturated carbocycles. The van der Waals surface area contributed by atoms with Crippen molar-refractivity contribution in [3.8, 4) is 11.5 Å². The Bertz CT molecular complexity index is 1210. The monoisotopic (exact) mass is 607 g/mol. The maximum absolute atomic E-state index is 13.9. The van der Waals surface area contributed by atoms with E-state index < -0.39 is 5.66 Å². The quantitative estimate of drug-likeness (QED) is 0.221. The summed E-state index contributed by atoms with van der Waals surface area (Å²) >= 11 is 0. The molecule has 7 heteroatoms. The van der Waals surface area contributed by atoms with Gasteiger partial charge in [-0.05, 0) is 67.9 Å². The predicted octanol–water partition coefficient (Wildman–Crippen LogP) is 6.39. The fraction of sp³-hybridized carbons (Fsp3) is 0.622. The van der Waals surface area contributed by atoms with Gasteiger partial charge in [0.05, 0.1) is 0 Å². The smallest absolute Gasteiger partial charge is 0.191 e. The molecule has 0 aromatic heterocycles. The van der Waals surface area contributed by atoms with E-state index >= 15 is 0 Å². The van der Waals surface area contributed by atoms with Crippen LogP contribution in [0.15, 0.2) is 24.3 Å². The van der Waals surface area contributed by atoms with Crippen LogP contribution in [0.3, 0.4) is 0 Å². The van der Waals surface area contributed by atoms with Gasteiger partial charge in [0.25, 0.3) is 0 Å². The van der Waals surface area contributed by atoms with Crippen molar-refractivity contribution in [3.05, 3.63) is 57.6 Å². The Labute approximate surface area is 265 Å². The Morgan fingerprint density at radius 1 is 0.591 bits per heavy atom. The largest absolute Gasteiger partial charge is 0.507 e. The first-order valence-corrected chi connectivity index (χ1v) is 16.0. The van der Waals surface area contributed by atoms with Crippen molar-refractivity contribution in [2.24, 2.45) is 0 Å². The van der Waals surface area contributed by atoms with Crippen molar-refractivity contribution in [2.45, 2.75) is 136 Å². The summed E-state index contributed by atoms with van der Waals surface area (Å²) < 4.78 is 0. The number of carbonyl (C=O) groups is 2. The Balaban J connectivity index is 1.89. The molecule has 0 amide bonds. The second kappa shape index (κ2) is 12.6. The van der Waals surface area contributed by atoms with Crippen molar-refractivity contribution >= 4 is 11.6 Å². The van der Waals surface area contributed by atoms with E-state index in [9.17, 15) is 19.8 Å². The van der Waals surface area contributed by atoms with Crippen LogP contribution in [-0.4, -0.2) is 40.8 Å². The first-order chi connectivity index (χ1) is 20.0. The number of hydrogen-bond acceptors (Lipinski definition) is 7. The highest BCUT2D eigenvalue weighted by atomic mass is 16.3. The minimum absolute atomic E-state index is 0.172. The number of aromatic hydroxyl groups is 2. The van der Waals surface area contributed by atoms with Crippen LogP contribution in [-0.2, 0) is 44.1 Å². The molecule has 44 heavy (non-hydrogen) atoms. The van der Waals surface area contributed by atoms with Gasteiger partial charge in [-0.1, -0.05) is 107 Å². The van der Waals surface area contributed by atoms with Gasteiger partial charge in [-0.2, -0.15) is 0 Å². The minimum Gasteiger partial charge on any atom is -0.507 e. The SMILES string of the molecule is CC(C)(C)c1cc(CCC(=O)C2(C(=O)CCc3cc(C(C)(C)C)c(O)c(C(C)(C)C)c3)NCNCN2)cc(C(C)(C)C)c1O. The average molecular weight is 608 g/mol. The third-order valence-corrected chi connectivity index (χ3v) is 8.65. The van der Waals surface area contributed by atoms with E-state index in [4.69, 9.17) is 0 Å². The first kappa shape index (κ1) is 35.7. The predicted molar refractivity (Wildman–Crippen MR) is 180 cm³/mol. The molecule has 1 saturated heterocycles. The fourth-order valence-electron chi connectivity index (χ4n) is 5.92. The molecule has 0 unspecified atom stereocenters. The van der Waals surface area contributed by atoms with Crippen molar-refractivity contribution in [3.63, 3.8) is 0 Å². The molecule has 2 aromatic rings. The van der Waals surface area contributed by atoms with Crippen LogP contribution < -0.4 is 16.0 Å².